The van der Waals surface area contributed by atoms with Crippen LogP contribution in [0.4, 0.5) is 0 Å². The van der Waals surface area contributed by atoms with Crippen molar-refractivity contribution in [2.45, 2.75) is 0 Å². The lowest BCUT2D eigenvalue weighted by atomic mass is 10.1. The number of aromatic nitrogens is 3. The number of para-hydroxylation sites is 4. The molecule has 11 rings (SSSR count). The summed E-state index contributed by atoms with van der Waals surface area (Å²) in [4.78, 5) is 0. The zero-order chi connectivity index (χ0) is 32.1. The van der Waals surface area contributed by atoms with E-state index in [4.69, 9.17) is 0 Å². The fourth-order valence-electron chi connectivity index (χ4n) is 8.32. The number of rotatable bonds is 3. The first-order valence-corrected chi connectivity index (χ1v) is 16.9. The Balaban J connectivity index is 1.28. The molecule has 228 valence electrons. The van der Waals surface area contributed by atoms with E-state index in [1.54, 1.807) is 0 Å². The van der Waals surface area contributed by atoms with Gasteiger partial charge in [-0.1, -0.05) is 115 Å². The molecule has 0 amide bonds. The summed E-state index contributed by atoms with van der Waals surface area (Å²) in [7, 11) is 0. The van der Waals surface area contributed by atoms with Gasteiger partial charge < -0.3 is 13.7 Å². The van der Waals surface area contributed by atoms with Gasteiger partial charge in [0.15, 0.2) is 0 Å². The lowest BCUT2D eigenvalue weighted by molar-refractivity contribution is 1.16. The van der Waals surface area contributed by atoms with Crippen LogP contribution in [-0.2, 0) is 0 Å². The molecule has 11 aromatic rings. The molecule has 3 heterocycles. The zero-order valence-electron chi connectivity index (χ0n) is 26.6. The molecule has 0 aliphatic rings. The third-order valence-corrected chi connectivity index (χ3v) is 10.4. The van der Waals surface area contributed by atoms with Gasteiger partial charge in [0.25, 0.3) is 0 Å². The van der Waals surface area contributed by atoms with Gasteiger partial charge in [0.1, 0.15) is 0 Å². The largest absolute Gasteiger partial charge is 0.309 e. The van der Waals surface area contributed by atoms with Crippen LogP contribution < -0.4 is 0 Å². The average Bonchev–Trinajstić information content (AvgIpc) is 3.80. The molecule has 3 heteroatoms. The van der Waals surface area contributed by atoms with Crippen LogP contribution in [-0.4, -0.2) is 13.7 Å². The number of benzene rings is 8. The summed E-state index contributed by atoms with van der Waals surface area (Å²) in [5.74, 6) is 0. The van der Waals surface area contributed by atoms with Crippen LogP contribution >= 0.6 is 0 Å². The molecule has 49 heavy (non-hydrogen) atoms. The van der Waals surface area contributed by atoms with E-state index in [1.165, 1.54) is 76.2 Å². The summed E-state index contributed by atoms with van der Waals surface area (Å²) in [6, 6.07) is 64.2. The van der Waals surface area contributed by atoms with Crippen molar-refractivity contribution in [3.8, 4) is 17.1 Å². The second-order valence-electron chi connectivity index (χ2n) is 13.0. The summed E-state index contributed by atoms with van der Waals surface area (Å²) in [5.41, 5.74) is 10.7. The van der Waals surface area contributed by atoms with E-state index in [0.29, 0.717) is 0 Å². The van der Waals surface area contributed by atoms with Gasteiger partial charge >= 0.3 is 0 Å². The van der Waals surface area contributed by atoms with E-state index in [2.05, 4.69) is 190 Å². The number of nitrogens with zero attached hydrogens (tertiary/aromatic N) is 3. The van der Waals surface area contributed by atoms with Crippen molar-refractivity contribution in [2.24, 2.45) is 0 Å². The van der Waals surface area contributed by atoms with E-state index in [9.17, 15) is 0 Å². The number of hydrogen-bond acceptors (Lipinski definition) is 0. The van der Waals surface area contributed by atoms with Gasteiger partial charge in [0.05, 0.1) is 33.1 Å². The van der Waals surface area contributed by atoms with Gasteiger partial charge in [0, 0.05) is 49.4 Å². The lowest BCUT2D eigenvalue weighted by Crippen LogP contribution is -1.97. The third-order valence-electron chi connectivity index (χ3n) is 10.4. The van der Waals surface area contributed by atoms with Crippen molar-refractivity contribution in [3.63, 3.8) is 0 Å². The third kappa shape index (κ3) is 3.67. The van der Waals surface area contributed by atoms with Gasteiger partial charge in [0.2, 0.25) is 0 Å². The Kier molecular flexibility index (Phi) is 5.38. The molecule has 0 aliphatic carbocycles. The van der Waals surface area contributed by atoms with E-state index < -0.39 is 0 Å². The Hall–Kier alpha value is -6.58. The summed E-state index contributed by atoms with van der Waals surface area (Å²) < 4.78 is 7.34. The van der Waals surface area contributed by atoms with Crippen molar-refractivity contribution in [2.75, 3.05) is 0 Å². The fraction of sp³-hybridized carbons (Fsp3) is 0. The minimum absolute atomic E-state index is 1.15. The smallest absolute Gasteiger partial charge is 0.0641 e. The highest BCUT2D eigenvalue weighted by atomic mass is 15.0. The molecular weight excluding hydrogens is 595 g/mol. The Bertz CT molecular complexity index is 3100. The molecular formula is C46H29N3. The second kappa shape index (κ2) is 9.96. The minimum Gasteiger partial charge on any atom is -0.309 e. The maximum atomic E-state index is 2.50. The highest BCUT2D eigenvalue weighted by Gasteiger charge is 2.21. The normalized spacial score (nSPS) is 12.1. The van der Waals surface area contributed by atoms with Crippen molar-refractivity contribution < 1.29 is 0 Å². The number of hydrogen-bond donors (Lipinski definition) is 0. The van der Waals surface area contributed by atoms with Crippen LogP contribution in [0.1, 0.15) is 0 Å². The molecule has 0 bridgehead atoms. The first-order valence-electron chi connectivity index (χ1n) is 16.9. The number of fused-ring (bicyclic) bond motifs is 11. The Morgan fingerprint density at radius 2 is 0.796 bits per heavy atom. The van der Waals surface area contributed by atoms with Crippen molar-refractivity contribution in [1.82, 2.24) is 13.7 Å². The molecule has 0 unspecified atom stereocenters. The Morgan fingerprint density at radius 3 is 1.59 bits per heavy atom. The molecule has 3 aromatic heterocycles. The standard InChI is InChI=1S/C46H29N3/c1-2-14-32(15-3-1)47-42-21-11-8-18-39(42)45-43(47)27-26-38-36-17-7-10-20-41(36)49(46(38)45)34-24-25-37-35-16-6-9-19-40(35)48(44(37)29-34)33-23-22-30-12-4-5-13-31(30)28-33/h1-29H. The van der Waals surface area contributed by atoms with E-state index in [1.807, 2.05) is 0 Å². The summed E-state index contributed by atoms with van der Waals surface area (Å²) in [5, 5.41) is 10.0. The van der Waals surface area contributed by atoms with Crippen LogP contribution in [0, 0.1) is 0 Å². The van der Waals surface area contributed by atoms with Gasteiger partial charge in [-0.15, -0.1) is 0 Å². The molecule has 0 fully saturated rings. The van der Waals surface area contributed by atoms with Crippen molar-refractivity contribution in [3.05, 3.63) is 176 Å². The second-order valence-corrected chi connectivity index (χ2v) is 13.0. The fourth-order valence-corrected chi connectivity index (χ4v) is 8.32. The molecule has 0 atom stereocenters. The predicted octanol–water partition coefficient (Wildman–Crippen LogP) is 12.1. The maximum absolute atomic E-state index is 2.50. The average molecular weight is 624 g/mol. The highest BCUT2D eigenvalue weighted by Crippen LogP contribution is 2.43. The molecule has 3 nitrogen and oxygen atoms in total. The van der Waals surface area contributed by atoms with Gasteiger partial charge in [-0.05, 0) is 71.4 Å². The molecule has 0 saturated carbocycles. The topological polar surface area (TPSA) is 14.8 Å². The molecule has 0 radical (unpaired) electrons. The molecule has 0 saturated heterocycles. The summed E-state index contributed by atoms with van der Waals surface area (Å²) in [6.07, 6.45) is 0. The zero-order valence-corrected chi connectivity index (χ0v) is 26.6. The predicted molar refractivity (Wildman–Crippen MR) is 207 cm³/mol. The Morgan fingerprint density at radius 1 is 0.265 bits per heavy atom. The first kappa shape index (κ1) is 26.5. The van der Waals surface area contributed by atoms with E-state index >= 15 is 0 Å². The van der Waals surface area contributed by atoms with Crippen LogP contribution in [0.3, 0.4) is 0 Å². The minimum atomic E-state index is 1.15. The van der Waals surface area contributed by atoms with Crippen LogP contribution in [0.5, 0.6) is 0 Å². The molecule has 0 N–H and O–H groups in total. The highest BCUT2D eigenvalue weighted by molar-refractivity contribution is 6.26. The van der Waals surface area contributed by atoms with Gasteiger partial charge in [-0.3, -0.25) is 0 Å². The SMILES string of the molecule is c1ccc(-n2c3ccccc3c3c2ccc2c4ccccc4n(-c4ccc5c6ccccc6n(-c6ccc7ccccc7c6)c5c4)c23)cc1. The molecule has 0 spiro atoms. The van der Waals surface area contributed by atoms with Gasteiger partial charge in [-0.25, -0.2) is 0 Å². The van der Waals surface area contributed by atoms with Crippen LogP contribution in [0.2, 0.25) is 0 Å². The monoisotopic (exact) mass is 623 g/mol. The Labute approximate surface area is 282 Å². The van der Waals surface area contributed by atoms with Gasteiger partial charge in [-0.2, -0.15) is 0 Å². The van der Waals surface area contributed by atoms with E-state index in [0.717, 1.165) is 17.1 Å². The maximum Gasteiger partial charge on any atom is 0.0641 e. The van der Waals surface area contributed by atoms with Crippen molar-refractivity contribution in [1.29, 1.82) is 0 Å². The lowest BCUT2D eigenvalue weighted by Gasteiger charge is -2.13. The summed E-state index contributed by atoms with van der Waals surface area (Å²) >= 11 is 0. The van der Waals surface area contributed by atoms with Crippen molar-refractivity contribution >= 4 is 76.2 Å². The quantitative estimate of drug-likeness (QED) is 0.186. The summed E-state index contributed by atoms with van der Waals surface area (Å²) in [6.45, 7) is 0. The van der Waals surface area contributed by atoms with Crippen LogP contribution in [0.25, 0.3) is 93.3 Å². The molecule has 8 aromatic carbocycles. The molecule has 0 aliphatic heterocycles. The van der Waals surface area contributed by atoms with E-state index in [-0.39, 0.29) is 0 Å². The first-order chi connectivity index (χ1) is 24.3. The van der Waals surface area contributed by atoms with Crippen LogP contribution in [0.15, 0.2) is 176 Å².